The SMILES string of the molecule is CCC(CC)(c1ccccc1)C(O)c1ccc(F)cc1. The summed E-state index contributed by atoms with van der Waals surface area (Å²) >= 11 is 0. The average molecular weight is 272 g/mol. The Hall–Kier alpha value is -1.67. The van der Waals surface area contributed by atoms with Crippen molar-refractivity contribution in [1.29, 1.82) is 0 Å². The summed E-state index contributed by atoms with van der Waals surface area (Å²) in [5.41, 5.74) is 1.56. The van der Waals surface area contributed by atoms with Crippen LogP contribution in [0, 0.1) is 5.82 Å². The highest BCUT2D eigenvalue weighted by molar-refractivity contribution is 5.32. The van der Waals surface area contributed by atoms with Crippen LogP contribution in [0.15, 0.2) is 54.6 Å². The first-order chi connectivity index (χ1) is 9.64. The summed E-state index contributed by atoms with van der Waals surface area (Å²) in [4.78, 5) is 0. The summed E-state index contributed by atoms with van der Waals surface area (Å²) in [6.45, 7) is 4.17. The van der Waals surface area contributed by atoms with Gasteiger partial charge in [-0.2, -0.15) is 0 Å². The monoisotopic (exact) mass is 272 g/mol. The van der Waals surface area contributed by atoms with Crippen LogP contribution < -0.4 is 0 Å². The molecule has 0 saturated heterocycles. The zero-order valence-corrected chi connectivity index (χ0v) is 12.0. The highest BCUT2D eigenvalue weighted by atomic mass is 19.1. The smallest absolute Gasteiger partial charge is 0.123 e. The number of benzene rings is 2. The molecule has 1 N–H and O–H groups in total. The third-order valence-electron chi connectivity index (χ3n) is 4.32. The molecule has 0 radical (unpaired) electrons. The predicted molar refractivity (Wildman–Crippen MR) is 80.1 cm³/mol. The molecule has 0 aliphatic heterocycles. The van der Waals surface area contributed by atoms with Gasteiger partial charge in [-0.3, -0.25) is 0 Å². The second kappa shape index (κ2) is 6.19. The van der Waals surface area contributed by atoms with Crippen molar-refractivity contribution >= 4 is 0 Å². The minimum absolute atomic E-state index is 0.278. The molecule has 2 rings (SSSR count). The van der Waals surface area contributed by atoms with Gasteiger partial charge in [0.25, 0.3) is 0 Å². The summed E-state index contributed by atoms with van der Waals surface area (Å²) in [5.74, 6) is -0.278. The van der Waals surface area contributed by atoms with Gasteiger partial charge in [-0.1, -0.05) is 56.3 Å². The Labute approximate surface area is 120 Å². The Bertz CT molecular complexity index is 529. The van der Waals surface area contributed by atoms with Crippen LogP contribution >= 0.6 is 0 Å². The van der Waals surface area contributed by atoms with Crippen molar-refractivity contribution in [3.05, 3.63) is 71.5 Å². The maximum atomic E-state index is 13.1. The Kier molecular flexibility index (Phi) is 4.56. The van der Waals surface area contributed by atoms with Crippen molar-refractivity contribution in [3.8, 4) is 0 Å². The van der Waals surface area contributed by atoms with Crippen molar-refractivity contribution in [2.45, 2.75) is 38.2 Å². The fourth-order valence-corrected chi connectivity index (χ4v) is 2.94. The summed E-state index contributed by atoms with van der Waals surface area (Å²) in [7, 11) is 0. The molecule has 106 valence electrons. The highest BCUT2D eigenvalue weighted by Gasteiger charge is 2.37. The number of aliphatic hydroxyl groups is 1. The molecule has 2 aromatic carbocycles. The van der Waals surface area contributed by atoms with Crippen molar-refractivity contribution in [1.82, 2.24) is 0 Å². The normalized spacial score (nSPS) is 13.2. The first kappa shape index (κ1) is 14.7. The molecule has 2 aromatic rings. The lowest BCUT2D eigenvalue weighted by Crippen LogP contribution is -2.32. The van der Waals surface area contributed by atoms with Gasteiger partial charge in [-0.05, 0) is 36.1 Å². The number of aliphatic hydroxyl groups excluding tert-OH is 1. The van der Waals surface area contributed by atoms with Gasteiger partial charge >= 0.3 is 0 Å². The molecule has 20 heavy (non-hydrogen) atoms. The standard InChI is InChI=1S/C18H21FO/c1-3-18(4-2,15-8-6-5-7-9-15)17(20)14-10-12-16(19)13-11-14/h5-13,17,20H,3-4H2,1-2H3. The summed E-state index contributed by atoms with van der Waals surface area (Å²) < 4.78 is 13.1. The van der Waals surface area contributed by atoms with Crippen LogP contribution in [0.1, 0.15) is 43.9 Å². The quantitative estimate of drug-likeness (QED) is 0.842. The predicted octanol–water partition coefficient (Wildman–Crippen LogP) is 4.62. The molecule has 1 nitrogen and oxygen atoms in total. The minimum Gasteiger partial charge on any atom is -0.387 e. The molecular formula is C18H21FO. The number of hydrogen-bond donors (Lipinski definition) is 1. The summed E-state index contributed by atoms with van der Waals surface area (Å²) in [6, 6.07) is 16.2. The third-order valence-corrected chi connectivity index (χ3v) is 4.32. The van der Waals surface area contributed by atoms with Gasteiger partial charge in [0.15, 0.2) is 0 Å². The number of hydrogen-bond acceptors (Lipinski definition) is 1. The molecule has 0 fully saturated rings. The van der Waals surface area contributed by atoms with E-state index in [0.717, 1.165) is 24.0 Å². The fourth-order valence-electron chi connectivity index (χ4n) is 2.94. The van der Waals surface area contributed by atoms with Crippen molar-refractivity contribution in [2.24, 2.45) is 0 Å². The van der Waals surface area contributed by atoms with E-state index < -0.39 is 6.10 Å². The summed E-state index contributed by atoms with van der Waals surface area (Å²) in [5, 5.41) is 10.9. The van der Waals surface area contributed by atoms with E-state index in [1.807, 2.05) is 18.2 Å². The molecule has 0 aliphatic rings. The fraction of sp³-hybridized carbons (Fsp3) is 0.333. The maximum Gasteiger partial charge on any atom is 0.123 e. The van der Waals surface area contributed by atoms with Crippen molar-refractivity contribution in [3.63, 3.8) is 0 Å². The topological polar surface area (TPSA) is 20.2 Å². The highest BCUT2D eigenvalue weighted by Crippen LogP contribution is 2.42. The number of halogens is 1. The second-order valence-electron chi connectivity index (χ2n) is 5.18. The van der Waals surface area contributed by atoms with E-state index in [1.54, 1.807) is 12.1 Å². The molecular weight excluding hydrogens is 251 g/mol. The average Bonchev–Trinajstić information content (AvgIpc) is 2.51. The third kappa shape index (κ3) is 2.61. The minimum atomic E-state index is -0.638. The molecule has 0 saturated carbocycles. The molecule has 0 amide bonds. The Morgan fingerprint density at radius 3 is 2.00 bits per heavy atom. The zero-order valence-electron chi connectivity index (χ0n) is 12.0. The lowest BCUT2D eigenvalue weighted by molar-refractivity contribution is 0.0727. The van der Waals surface area contributed by atoms with E-state index in [1.165, 1.54) is 12.1 Å². The van der Waals surface area contributed by atoms with Crippen LogP contribution in [-0.4, -0.2) is 5.11 Å². The molecule has 0 aliphatic carbocycles. The van der Waals surface area contributed by atoms with E-state index in [2.05, 4.69) is 26.0 Å². The van der Waals surface area contributed by atoms with Crippen LogP contribution in [0.25, 0.3) is 0 Å². The van der Waals surface area contributed by atoms with E-state index >= 15 is 0 Å². The van der Waals surface area contributed by atoms with Crippen LogP contribution in [0.5, 0.6) is 0 Å². The van der Waals surface area contributed by atoms with Gasteiger partial charge in [-0.25, -0.2) is 4.39 Å². The molecule has 0 heterocycles. The van der Waals surface area contributed by atoms with Gasteiger partial charge in [-0.15, -0.1) is 0 Å². The molecule has 0 aromatic heterocycles. The zero-order chi connectivity index (χ0) is 14.6. The van der Waals surface area contributed by atoms with Gasteiger partial charge in [0.1, 0.15) is 5.82 Å². The lowest BCUT2D eigenvalue weighted by Gasteiger charge is -2.37. The van der Waals surface area contributed by atoms with Gasteiger partial charge in [0.2, 0.25) is 0 Å². The van der Waals surface area contributed by atoms with Crippen LogP contribution in [0.2, 0.25) is 0 Å². The van der Waals surface area contributed by atoms with Gasteiger partial charge < -0.3 is 5.11 Å². The molecule has 0 bridgehead atoms. The lowest BCUT2D eigenvalue weighted by atomic mass is 9.69. The molecule has 0 spiro atoms. The second-order valence-corrected chi connectivity index (χ2v) is 5.18. The van der Waals surface area contributed by atoms with Crippen LogP contribution in [0.4, 0.5) is 4.39 Å². The summed E-state index contributed by atoms with van der Waals surface area (Å²) in [6.07, 6.45) is 1.01. The van der Waals surface area contributed by atoms with E-state index in [9.17, 15) is 9.50 Å². The van der Waals surface area contributed by atoms with E-state index in [-0.39, 0.29) is 11.2 Å². The molecule has 1 atom stereocenters. The van der Waals surface area contributed by atoms with Crippen LogP contribution in [0.3, 0.4) is 0 Å². The Morgan fingerprint density at radius 1 is 0.950 bits per heavy atom. The Morgan fingerprint density at radius 2 is 1.50 bits per heavy atom. The van der Waals surface area contributed by atoms with E-state index in [4.69, 9.17) is 0 Å². The van der Waals surface area contributed by atoms with Crippen LogP contribution in [-0.2, 0) is 5.41 Å². The maximum absolute atomic E-state index is 13.1. The first-order valence-electron chi connectivity index (χ1n) is 7.13. The number of rotatable bonds is 5. The largest absolute Gasteiger partial charge is 0.387 e. The first-order valence-corrected chi connectivity index (χ1v) is 7.13. The van der Waals surface area contributed by atoms with Gasteiger partial charge in [0.05, 0.1) is 6.10 Å². The van der Waals surface area contributed by atoms with Crippen molar-refractivity contribution < 1.29 is 9.50 Å². The van der Waals surface area contributed by atoms with E-state index in [0.29, 0.717) is 0 Å². The van der Waals surface area contributed by atoms with Gasteiger partial charge in [0, 0.05) is 5.41 Å². The van der Waals surface area contributed by atoms with Crippen molar-refractivity contribution in [2.75, 3.05) is 0 Å². The Balaban J connectivity index is 2.45. The molecule has 2 heteroatoms. The molecule has 1 unspecified atom stereocenters.